The van der Waals surface area contributed by atoms with Crippen LogP contribution in [0.5, 0.6) is 5.75 Å². The zero-order valence-corrected chi connectivity index (χ0v) is 11.0. The maximum Gasteiger partial charge on any atom is 0.124 e. The molecule has 0 saturated carbocycles. The van der Waals surface area contributed by atoms with E-state index in [4.69, 9.17) is 4.74 Å². The van der Waals surface area contributed by atoms with Crippen LogP contribution in [0.3, 0.4) is 0 Å². The molecule has 17 heavy (non-hydrogen) atoms. The van der Waals surface area contributed by atoms with Crippen molar-refractivity contribution >= 4 is 0 Å². The number of ether oxygens (including phenoxy) is 1. The van der Waals surface area contributed by atoms with Gasteiger partial charge in [-0.25, -0.2) is 0 Å². The van der Waals surface area contributed by atoms with Gasteiger partial charge in [-0.05, 0) is 38.8 Å². The summed E-state index contributed by atoms with van der Waals surface area (Å²) in [6.45, 7) is 6.16. The van der Waals surface area contributed by atoms with E-state index in [-0.39, 0.29) is 5.54 Å². The maximum absolute atomic E-state index is 5.78. The zero-order valence-electron chi connectivity index (χ0n) is 11.0. The van der Waals surface area contributed by atoms with E-state index in [1.54, 1.807) is 0 Å². The quantitative estimate of drug-likeness (QED) is 0.841. The molecule has 1 atom stereocenters. The Morgan fingerprint density at radius 1 is 1.29 bits per heavy atom. The zero-order chi connectivity index (χ0) is 12.1. The highest BCUT2D eigenvalue weighted by Crippen LogP contribution is 2.39. The molecule has 0 amide bonds. The van der Waals surface area contributed by atoms with Crippen LogP contribution in [0.15, 0.2) is 24.3 Å². The lowest BCUT2D eigenvalue weighted by Gasteiger charge is -2.31. The predicted molar refractivity (Wildman–Crippen MR) is 71.4 cm³/mol. The van der Waals surface area contributed by atoms with Gasteiger partial charge in [0.2, 0.25) is 0 Å². The molecule has 1 heterocycles. The van der Waals surface area contributed by atoms with Gasteiger partial charge >= 0.3 is 0 Å². The van der Waals surface area contributed by atoms with Crippen LogP contribution in [0.4, 0.5) is 0 Å². The minimum Gasteiger partial charge on any atom is -0.494 e. The second kappa shape index (κ2) is 5.54. The molecule has 1 N–H and O–H groups in total. The summed E-state index contributed by atoms with van der Waals surface area (Å²) in [7, 11) is 0. The Morgan fingerprint density at radius 2 is 2.12 bits per heavy atom. The van der Waals surface area contributed by atoms with Gasteiger partial charge in [0.15, 0.2) is 0 Å². The van der Waals surface area contributed by atoms with Crippen molar-refractivity contribution in [3.8, 4) is 5.75 Å². The molecule has 0 bridgehead atoms. The molecule has 2 heteroatoms. The van der Waals surface area contributed by atoms with Crippen molar-refractivity contribution in [3.05, 3.63) is 29.8 Å². The van der Waals surface area contributed by atoms with Crippen molar-refractivity contribution in [1.29, 1.82) is 0 Å². The highest BCUT2D eigenvalue weighted by atomic mass is 16.5. The van der Waals surface area contributed by atoms with Crippen molar-refractivity contribution in [2.45, 2.75) is 45.1 Å². The van der Waals surface area contributed by atoms with E-state index in [2.05, 4.69) is 36.5 Å². The fourth-order valence-electron chi connectivity index (χ4n) is 2.95. The SMILES string of the molecule is CCCC1(c2ccccc2OCC)CCCN1. The Bertz CT molecular complexity index is 356. The molecule has 1 saturated heterocycles. The second-order valence-electron chi connectivity index (χ2n) is 4.79. The minimum atomic E-state index is 0.153. The maximum atomic E-state index is 5.78. The number of hydrogen-bond acceptors (Lipinski definition) is 2. The molecule has 0 spiro atoms. The number of benzene rings is 1. The summed E-state index contributed by atoms with van der Waals surface area (Å²) in [4.78, 5) is 0. The van der Waals surface area contributed by atoms with E-state index >= 15 is 0 Å². The fraction of sp³-hybridized carbons (Fsp3) is 0.600. The van der Waals surface area contributed by atoms with Gasteiger partial charge in [-0.3, -0.25) is 0 Å². The standard InChI is InChI=1S/C15H23NO/c1-3-10-15(11-7-12-16-15)13-8-5-6-9-14(13)17-4-2/h5-6,8-9,16H,3-4,7,10-12H2,1-2H3. The highest BCUT2D eigenvalue weighted by molar-refractivity contribution is 5.40. The largest absolute Gasteiger partial charge is 0.494 e. The summed E-state index contributed by atoms with van der Waals surface area (Å²) >= 11 is 0. The number of nitrogens with one attached hydrogen (secondary N) is 1. The first-order valence-electron chi connectivity index (χ1n) is 6.80. The average Bonchev–Trinajstić information content (AvgIpc) is 2.80. The number of para-hydroxylation sites is 1. The van der Waals surface area contributed by atoms with E-state index in [0.717, 1.165) is 18.9 Å². The lowest BCUT2D eigenvalue weighted by molar-refractivity contribution is 0.301. The summed E-state index contributed by atoms with van der Waals surface area (Å²) in [6.07, 6.45) is 4.88. The average molecular weight is 233 g/mol. The minimum absolute atomic E-state index is 0.153. The third-order valence-electron chi connectivity index (χ3n) is 3.62. The Morgan fingerprint density at radius 3 is 2.76 bits per heavy atom. The fourth-order valence-corrected chi connectivity index (χ4v) is 2.95. The third-order valence-corrected chi connectivity index (χ3v) is 3.62. The van der Waals surface area contributed by atoms with Crippen LogP contribution in [0.1, 0.15) is 45.1 Å². The monoisotopic (exact) mass is 233 g/mol. The number of rotatable bonds is 5. The molecule has 1 aliphatic heterocycles. The van der Waals surface area contributed by atoms with Gasteiger partial charge in [-0.1, -0.05) is 31.5 Å². The molecule has 2 nitrogen and oxygen atoms in total. The molecule has 1 fully saturated rings. The van der Waals surface area contributed by atoms with Gasteiger partial charge in [-0.15, -0.1) is 0 Å². The Kier molecular flexibility index (Phi) is 4.06. The van der Waals surface area contributed by atoms with Crippen molar-refractivity contribution < 1.29 is 4.74 Å². The van der Waals surface area contributed by atoms with Crippen molar-refractivity contribution in [2.75, 3.05) is 13.2 Å². The van der Waals surface area contributed by atoms with Crippen LogP contribution in [-0.2, 0) is 5.54 Å². The smallest absolute Gasteiger partial charge is 0.124 e. The Balaban J connectivity index is 2.35. The third kappa shape index (κ3) is 2.47. The summed E-state index contributed by atoms with van der Waals surface area (Å²) in [6, 6.07) is 8.49. The molecule has 2 rings (SSSR count). The van der Waals surface area contributed by atoms with Gasteiger partial charge in [0.1, 0.15) is 5.75 Å². The molecular formula is C15H23NO. The van der Waals surface area contributed by atoms with Gasteiger partial charge in [0, 0.05) is 11.1 Å². The first-order valence-corrected chi connectivity index (χ1v) is 6.80. The molecule has 1 unspecified atom stereocenters. The number of hydrogen-bond donors (Lipinski definition) is 1. The molecule has 0 aliphatic carbocycles. The van der Waals surface area contributed by atoms with Gasteiger partial charge < -0.3 is 10.1 Å². The van der Waals surface area contributed by atoms with Crippen LogP contribution in [0, 0.1) is 0 Å². The molecule has 1 aromatic rings. The van der Waals surface area contributed by atoms with E-state index in [0.29, 0.717) is 0 Å². The molecule has 0 aromatic heterocycles. The van der Waals surface area contributed by atoms with E-state index < -0.39 is 0 Å². The van der Waals surface area contributed by atoms with Crippen LogP contribution in [0.25, 0.3) is 0 Å². The van der Waals surface area contributed by atoms with Crippen LogP contribution in [-0.4, -0.2) is 13.2 Å². The normalized spacial score (nSPS) is 23.9. The van der Waals surface area contributed by atoms with Crippen molar-refractivity contribution in [3.63, 3.8) is 0 Å². The summed E-state index contributed by atoms with van der Waals surface area (Å²) < 4.78 is 5.78. The van der Waals surface area contributed by atoms with E-state index in [1.807, 2.05) is 6.92 Å². The molecule has 1 aliphatic rings. The van der Waals surface area contributed by atoms with Crippen LogP contribution >= 0.6 is 0 Å². The highest BCUT2D eigenvalue weighted by Gasteiger charge is 2.36. The lowest BCUT2D eigenvalue weighted by Crippen LogP contribution is -2.37. The van der Waals surface area contributed by atoms with E-state index in [1.165, 1.54) is 31.2 Å². The van der Waals surface area contributed by atoms with Gasteiger partial charge in [0.05, 0.1) is 6.61 Å². The second-order valence-corrected chi connectivity index (χ2v) is 4.79. The van der Waals surface area contributed by atoms with Gasteiger partial charge in [0.25, 0.3) is 0 Å². The summed E-state index contributed by atoms with van der Waals surface area (Å²) in [5.41, 5.74) is 1.50. The lowest BCUT2D eigenvalue weighted by atomic mass is 9.83. The molecule has 0 radical (unpaired) electrons. The Hall–Kier alpha value is -1.02. The van der Waals surface area contributed by atoms with Crippen LogP contribution in [0.2, 0.25) is 0 Å². The summed E-state index contributed by atoms with van der Waals surface area (Å²) in [5.74, 6) is 1.05. The topological polar surface area (TPSA) is 21.3 Å². The first-order chi connectivity index (χ1) is 8.32. The van der Waals surface area contributed by atoms with Crippen LogP contribution < -0.4 is 10.1 Å². The predicted octanol–water partition coefficient (Wildman–Crippen LogP) is 3.46. The van der Waals surface area contributed by atoms with E-state index in [9.17, 15) is 0 Å². The van der Waals surface area contributed by atoms with Crippen molar-refractivity contribution in [1.82, 2.24) is 5.32 Å². The Labute approximate surface area is 104 Å². The van der Waals surface area contributed by atoms with Gasteiger partial charge in [-0.2, -0.15) is 0 Å². The first kappa shape index (κ1) is 12.4. The molecule has 94 valence electrons. The van der Waals surface area contributed by atoms with Crippen molar-refractivity contribution in [2.24, 2.45) is 0 Å². The summed E-state index contributed by atoms with van der Waals surface area (Å²) in [5, 5.41) is 3.71. The molecular weight excluding hydrogens is 210 g/mol. The molecule has 1 aromatic carbocycles.